The average molecular weight is 341 g/mol. The molecule has 0 aliphatic carbocycles. The summed E-state index contributed by atoms with van der Waals surface area (Å²) in [5.74, 6) is -0.516. The van der Waals surface area contributed by atoms with E-state index in [1.165, 1.54) is 12.1 Å². The molecule has 1 aromatic carbocycles. The number of hydrogen-bond acceptors (Lipinski definition) is 5. The zero-order valence-electron chi connectivity index (χ0n) is 13.8. The Balaban J connectivity index is 2.00. The number of rotatable bonds is 5. The Labute approximate surface area is 144 Å². The molecule has 7 heteroatoms. The van der Waals surface area contributed by atoms with Crippen molar-refractivity contribution in [2.45, 2.75) is 19.9 Å². The van der Waals surface area contributed by atoms with E-state index in [2.05, 4.69) is 25.6 Å². The van der Waals surface area contributed by atoms with Crippen LogP contribution >= 0.6 is 0 Å². The van der Waals surface area contributed by atoms with Crippen LogP contribution in [0.25, 0.3) is 11.3 Å². The van der Waals surface area contributed by atoms with Crippen LogP contribution < -0.4 is 10.6 Å². The van der Waals surface area contributed by atoms with E-state index < -0.39 is 11.6 Å². The van der Waals surface area contributed by atoms with Crippen LogP contribution in [0.5, 0.6) is 0 Å². The van der Waals surface area contributed by atoms with Gasteiger partial charge in [0.25, 0.3) is 0 Å². The van der Waals surface area contributed by atoms with Gasteiger partial charge in [-0.15, -0.1) is 0 Å². The second-order valence-electron chi connectivity index (χ2n) is 5.75. The number of nitrogens with zero attached hydrogens (tertiary/aromatic N) is 3. The maximum atomic E-state index is 13.9. The van der Waals surface area contributed by atoms with Gasteiger partial charge in [-0.05, 0) is 38.1 Å². The van der Waals surface area contributed by atoms with E-state index in [1.807, 2.05) is 26.0 Å². The van der Waals surface area contributed by atoms with Crippen LogP contribution in [0, 0.1) is 11.6 Å². The highest BCUT2D eigenvalue weighted by molar-refractivity contribution is 5.67. The molecule has 2 aromatic heterocycles. The van der Waals surface area contributed by atoms with E-state index in [9.17, 15) is 8.78 Å². The molecule has 5 nitrogen and oxygen atoms in total. The summed E-state index contributed by atoms with van der Waals surface area (Å²) >= 11 is 0. The summed E-state index contributed by atoms with van der Waals surface area (Å²) in [7, 11) is 0. The maximum absolute atomic E-state index is 13.9. The van der Waals surface area contributed by atoms with E-state index in [1.54, 1.807) is 18.5 Å². The molecule has 0 radical (unpaired) electrons. The van der Waals surface area contributed by atoms with Crippen molar-refractivity contribution < 1.29 is 8.78 Å². The van der Waals surface area contributed by atoms with Crippen LogP contribution in [-0.4, -0.2) is 21.0 Å². The number of anilines is 3. The van der Waals surface area contributed by atoms with Crippen LogP contribution in [0.2, 0.25) is 0 Å². The second kappa shape index (κ2) is 7.21. The molecule has 0 unspecified atom stereocenters. The van der Waals surface area contributed by atoms with Crippen LogP contribution in [-0.2, 0) is 0 Å². The predicted molar refractivity (Wildman–Crippen MR) is 93.7 cm³/mol. The fourth-order valence-corrected chi connectivity index (χ4v) is 2.23. The molecular formula is C18H17F2N5. The lowest BCUT2D eigenvalue weighted by Gasteiger charge is -2.13. The van der Waals surface area contributed by atoms with Gasteiger partial charge in [-0.25, -0.2) is 13.8 Å². The highest BCUT2D eigenvalue weighted by Gasteiger charge is 2.10. The van der Waals surface area contributed by atoms with Gasteiger partial charge in [-0.1, -0.05) is 0 Å². The third kappa shape index (κ3) is 4.26. The molecular weight excluding hydrogens is 324 g/mol. The monoisotopic (exact) mass is 341 g/mol. The van der Waals surface area contributed by atoms with Crippen molar-refractivity contribution in [1.29, 1.82) is 0 Å². The summed E-state index contributed by atoms with van der Waals surface area (Å²) in [6.45, 7) is 3.93. The van der Waals surface area contributed by atoms with Gasteiger partial charge in [0, 0.05) is 36.1 Å². The number of benzene rings is 1. The molecule has 25 heavy (non-hydrogen) atoms. The molecule has 0 aliphatic rings. The molecule has 2 heterocycles. The summed E-state index contributed by atoms with van der Waals surface area (Å²) in [6, 6.07) is 8.80. The fraction of sp³-hybridized carbons (Fsp3) is 0.167. The normalized spacial score (nSPS) is 10.8. The van der Waals surface area contributed by atoms with Gasteiger partial charge in [0.1, 0.15) is 17.5 Å². The molecule has 2 N–H and O–H groups in total. The first-order valence-corrected chi connectivity index (χ1v) is 7.79. The predicted octanol–water partition coefficient (Wildman–Crippen LogP) is 4.38. The van der Waals surface area contributed by atoms with Crippen molar-refractivity contribution in [2.24, 2.45) is 0 Å². The summed E-state index contributed by atoms with van der Waals surface area (Å²) in [6.07, 6.45) is 3.33. The van der Waals surface area contributed by atoms with Gasteiger partial charge in [-0.3, -0.25) is 4.98 Å². The summed E-state index contributed by atoms with van der Waals surface area (Å²) < 4.78 is 27.0. The van der Waals surface area contributed by atoms with Crippen LogP contribution in [0.15, 0.2) is 48.8 Å². The van der Waals surface area contributed by atoms with Crippen molar-refractivity contribution in [1.82, 2.24) is 15.0 Å². The minimum absolute atomic E-state index is 0.128. The van der Waals surface area contributed by atoms with Gasteiger partial charge in [0.2, 0.25) is 5.95 Å². The third-order valence-corrected chi connectivity index (χ3v) is 3.31. The van der Waals surface area contributed by atoms with Crippen LogP contribution in [0.1, 0.15) is 13.8 Å². The van der Waals surface area contributed by atoms with Gasteiger partial charge in [-0.2, -0.15) is 4.98 Å². The Kier molecular flexibility index (Phi) is 4.83. The standard InChI is InChI=1S/C18H17F2N5/c1-11(2)22-18-24-16(12-5-7-21-8-6-12)10-17(25-18)23-15-4-3-13(19)9-14(15)20/h3-11H,1-2H3,(H2,22,23,24,25). The Morgan fingerprint density at radius 2 is 1.72 bits per heavy atom. The quantitative estimate of drug-likeness (QED) is 0.721. The number of hydrogen-bond donors (Lipinski definition) is 2. The molecule has 0 atom stereocenters. The smallest absolute Gasteiger partial charge is 0.225 e. The van der Waals surface area contributed by atoms with Crippen molar-refractivity contribution >= 4 is 17.5 Å². The average Bonchev–Trinajstić information content (AvgIpc) is 2.57. The number of nitrogens with one attached hydrogen (secondary N) is 2. The SMILES string of the molecule is CC(C)Nc1nc(Nc2ccc(F)cc2F)cc(-c2ccncc2)n1. The van der Waals surface area contributed by atoms with Crippen LogP contribution in [0.3, 0.4) is 0 Å². The van der Waals surface area contributed by atoms with Gasteiger partial charge >= 0.3 is 0 Å². The van der Waals surface area contributed by atoms with E-state index in [0.717, 1.165) is 11.6 Å². The highest BCUT2D eigenvalue weighted by Crippen LogP contribution is 2.25. The molecule has 0 saturated carbocycles. The molecule has 0 bridgehead atoms. The van der Waals surface area contributed by atoms with E-state index in [-0.39, 0.29) is 11.7 Å². The van der Waals surface area contributed by atoms with E-state index in [0.29, 0.717) is 17.5 Å². The van der Waals surface area contributed by atoms with Crippen molar-refractivity contribution in [3.05, 3.63) is 60.4 Å². The first kappa shape index (κ1) is 16.8. The molecule has 0 spiro atoms. The number of pyridine rings is 1. The molecule has 128 valence electrons. The lowest BCUT2D eigenvalue weighted by Crippen LogP contribution is -2.13. The summed E-state index contributed by atoms with van der Waals surface area (Å²) in [5.41, 5.74) is 1.65. The third-order valence-electron chi connectivity index (χ3n) is 3.31. The first-order valence-electron chi connectivity index (χ1n) is 7.79. The molecule has 3 aromatic rings. The maximum Gasteiger partial charge on any atom is 0.225 e. The lowest BCUT2D eigenvalue weighted by atomic mass is 10.2. The Hall–Kier alpha value is -3.09. The Bertz CT molecular complexity index is 869. The molecule has 0 aliphatic heterocycles. The fourth-order valence-electron chi connectivity index (χ4n) is 2.23. The Morgan fingerprint density at radius 1 is 0.960 bits per heavy atom. The summed E-state index contributed by atoms with van der Waals surface area (Å²) in [5, 5.41) is 6.01. The number of halogens is 2. The minimum atomic E-state index is -0.692. The summed E-state index contributed by atoms with van der Waals surface area (Å²) in [4.78, 5) is 12.8. The van der Waals surface area contributed by atoms with E-state index in [4.69, 9.17) is 0 Å². The molecule has 0 saturated heterocycles. The zero-order valence-corrected chi connectivity index (χ0v) is 13.8. The van der Waals surface area contributed by atoms with Gasteiger partial charge in [0.15, 0.2) is 0 Å². The van der Waals surface area contributed by atoms with E-state index >= 15 is 0 Å². The largest absolute Gasteiger partial charge is 0.352 e. The lowest BCUT2D eigenvalue weighted by molar-refractivity contribution is 0.586. The molecule has 0 amide bonds. The van der Waals surface area contributed by atoms with Crippen molar-refractivity contribution in [3.63, 3.8) is 0 Å². The van der Waals surface area contributed by atoms with Crippen molar-refractivity contribution in [2.75, 3.05) is 10.6 Å². The Morgan fingerprint density at radius 3 is 2.40 bits per heavy atom. The highest BCUT2D eigenvalue weighted by atomic mass is 19.1. The van der Waals surface area contributed by atoms with Gasteiger partial charge in [0.05, 0.1) is 11.4 Å². The van der Waals surface area contributed by atoms with Gasteiger partial charge < -0.3 is 10.6 Å². The topological polar surface area (TPSA) is 62.7 Å². The number of aromatic nitrogens is 3. The second-order valence-corrected chi connectivity index (χ2v) is 5.75. The minimum Gasteiger partial charge on any atom is -0.352 e. The zero-order chi connectivity index (χ0) is 17.8. The van der Waals surface area contributed by atoms with Crippen LogP contribution in [0.4, 0.5) is 26.2 Å². The molecule has 0 fully saturated rings. The van der Waals surface area contributed by atoms with Crippen molar-refractivity contribution in [3.8, 4) is 11.3 Å². The molecule has 3 rings (SSSR count). The first-order chi connectivity index (χ1) is 12.0.